The van der Waals surface area contributed by atoms with E-state index in [9.17, 15) is 9.90 Å². The Balaban J connectivity index is 0.000000211. The molecule has 0 aromatic heterocycles. The summed E-state index contributed by atoms with van der Waals surface area (Å²) in [5, 5.41) is 9.39. The van der Waals surface area contributed by atoms with E-state index in [2.05, 4.69) is 11.7 Å². The molecule has 1 rings (SSSR count). The van der Waals surface area contributed by atoms with Gasteiger partial charge in [-0.15, -0.1) is 0 Å². The fraction of sp³-hybridized carbons (Fsp3) is 0.875. The van der Waals surface area contributed by atoms with E-state index >= 15 is 0 Å². The van der Waals surface area contributed by atoms with E-state index in [4.69, 9.17) is 11.6 Å². The van der Waals surface area contributed by atoms with E-state index in [0.717, 1.165) is 5.92 Å². The van der Waals surface area contributed by atoms with Crippen LogP contribution in [0.2, 0.25) is 0 Å². The molecule has 12 heavy (non-hydrogen) atoms. The van der Waals surface area contributed by atoms with Gasteiger partial charge in [0.15, 0.2) is 0 Å². The van der Waals surface area contributed by atoms with Crippen LogP contribution < -0.4 is 5.11 Å². The first-order valence-electron chi connectivity index (χ1n) is 4.08. The molecule has 0 aromatic carbocycles. The molecule has 1 aliphatic carbocycles. The molecule has 0 saturated heterocycles. The smallest absolute Gasteiger partial charge is 0.253 e. The van der Waals surface area contributed by atoms with Gasteiger partial charge in [-0.25, -0.2) is 0 Å². The molecule has 1 unspecified atom stereocenters. The Kier molecular flexibility index (Phi) is 5.89. The quantitative estimate of drug-likeness (QED) is 0.496. The van der Waals surface area contributed by atoms with Gasteiger partial charge in [0.2, 0.25) is 0 Å². The van der Waals surface area contributed by atoms with E-state index < -0.39 is 11.7 Å². The Morgan fingerprint density at radius 3 is 2.25 bits per heavy atom. The van der Waals surface area contributed by atoms with Gasteiger partial charge in [0.05, 0.1) is 0 Å². The van der Waals surface area contributed by atoms with Gasteiger partial charge >= 0.3 is 0 Å². The third-order valence-electron chi connectivity index (χ3n) is 1.53. The van der Waals surface area contributed by atoms with Crippen molar-refractivity contribution in [1.82, 2.24) is 0 Å². The van der Waals surface area contributed by atoms with Crippen molar-refractivity contribution in [3.63, 3.8) is 0 Å². The third-order valence-corrected chi connectivity index (χ3v) is 1.62. The summed E-state index contributed by atoms with van der Waals surface area (Å²) in [5.74, 6) is 1.13. The zero-order chi connectivity index (χ0) is 9.56. The van der Waals surface area contributed by atoms with E-state index in [1.54, 1.807) is 0 Å². The number of halogens is 1. The molecule has 0 N–H and O–H groups in total. The van der Waals surface area contributed by atoms with Crippen molar-refractivity contribution in [2.45, 2.75) is 38.7 Å². The normalized spacial score (nSPS) is 17.2. The third kappa shape index (κ3) is 9.56. The first-order chi connectivity index (χ1) is 5.56. The fourth-order valence-corrected chi connectivity index (χ4v) is 0.731. The molecule has 1 fully saturated rings. The van der Waals surface area contributed by atoms with Crippen molar-refractivity contribution < 1.29 is 14.6 Å². The molecule has 0 heterocycles. The number of carbonyl (C=O) groups is 1. The van der Waals surface area contributed by atoms with Crippen molar-refractivity contribution in [1.29, 1.82) is 0 Å². The van der Waals surface area contributed by atoms with Crippen molar-refractivity contribution in [3.05, 3.63) is 0 Å². The lowest BCUT2D eigenvalue weighted by molar-refractivity contribution is -0.283. The zero-order valence-corrected chi connectivity index (χ0v) is 8.13. The van der Waals surface area contributed by atoms with Gasteiger partial charge in [-0.1, -0.05) is 37.8 Å². The highest BCUT2D eigenvalue weighted by molar-refractivity contribution is 6.19. The van der Waals surface area contributed by atoms with Gasteiger partial charge in [-0.05, 0) is 12.8 Å². The van der Waals surface area contributed by atoms with Gasteiger partial charge in [0.25, 0.3) is 6.16 Å². The standard InChI is InChI=1S/C5H10.C3H5ClO3/c1-2-5-3-4-5;1-2(4)7-3(5)6/h5H,2-4H2,1H3;2H,1H3,(H,5,6)/p-1. The Labute approximate surface area is 77.7 Å². The highest BCUT2D eigenvalue weighted by Gasteiger charge is 2.17. The molecule has 0 aromatic rings. The number of rotatable bonds is 2. The minimum Gasteiger partial charge on any atom is -0.531 e. The Hall–Kier alpha value is -0.440. The number of carbonyl (C=O) groups excluding carboxylic acids is 1. The number of ether oxygens (including phenoxy) is 1. The molecule has 72 valence electrons. The molecule has 0 bridgehead atoms. The van der Waals surface area contributed by atoms with Crippen LogP contribution in [0.1, 0.15) is 33.1 Å². The summed E-state index contributed by atoms with van der Waals surface area (Å²) in [4.78, 5) is 9.39. The zero-order valence-electron chi connectivity index (χ0n) is 7.38. The molecule has 1 aliphatic rings. The second-order valence-electron chi connectivity index (χ2n) is 2.76. The van der Waals surface area contributed by atoms with Crippen molar-refractivity contribution >= 4 is 17.8 Å². The lowest BCUT2D eigenvalue weighted by Crippen LogP contribution is -2.25. The van der Waals surface area contributed by atoms with Crippen LogP contribution in [0.15, 0.2) is 0 Å². The maximum Gasteiger partial charge on any atom is 0.253 e. The minimum absolute atomic E-state index is 0.815. The number of hydrogen-bond acceptors (Lipinski definition) is 3. The summed E-state index contributed by atoms with van der Waals surface area (Å²) < 4.78 is 3.82. The second kappa shape index (κ2) is 6.12. The summed E-state index contributed by atoms with van der Waals surface area (Å²) in [6, 6.07) is 0. The molecular weight excluding hydrogens is 180 g/mol. The molecule has 0 amide bonds. The monoisotopic (exact) mass is 193 g/mol. The molecule has 0 aliphatic heterocycles. The first-order valence-corrected chi connectivity index (χ1v) is 4.51. The number of alkyl halides is 1. The summed E-state index contributed by atoms with van der Waals surface area (Å²) in [5.41, 5.74) is -0.815. The molecule has 4 heteroatoms. The fourth-order valence-electron chi connectivity index (χ4n) is 0.659. The van der Waals surface area contributed by atoms with E-state index in [1.165, 1.54) is 26.2 Å². The minimum atomic E-state index is -1.59. The maximum absolute atomic E-state index is 9.39. The van der Waals surface area contributed by atoms with Crippen LogP contribution in [0.4, 0.5) is 4.79 Å². The topological polar surface area (TPSA) is 49.4 Å². The lowest BCUT2D eigenvalue weighted by atomic mass is 10.3. The molecule has 1 saturated carbocycles. The molecule has 0 radical (unpaired) electrons. The Morgan fingerprint density at radius 2 is 2.25 bits per heavy atom. The van der Waals surface area contributed by atoms with Gasteiger partial charge < -0.3 is 14.6 Å². The molecule has 0 spiro atoms. The van der Waals surface area contributed by atoms with E-state index in [-0.39, 0.29) is 0 Å². The largest absolute Gasteiger partial charge is 0.531 e. The maximum atomic E-state index is 9.39. The Bertz CT molecular complexity index is 132. The summed E-state index contributed by atoms with van der Waals surface area (Å²) in [6.45, 7) is 3.65. The lowest BCUT2D eigenvalue weighted by Gasteiger charge is -2.07. The van der Waals surface area contributed by atoms with E-state index in [1.807, 2.05) is 0 Å². The van der Waals surface area contributed by atoms with Crippen LogP contribution in [0, 0.1) is 5.92 Å². The van der Waals surface area contributed by atoms with Crippen LogP contribution in [-0.4, -0.2) is 11.7 Å². The van der Waals surface area contributed by atoms with Crippen LogP contribution in [0.5, 0.6) is 0 Å². The molecular formula is C8H14ClO3-. The van der Waals surface area contributed by atoms with Gasteiger partial charge in [-0.2, -0.15) is 0 Å². The number of hydrogen-bond donors (Lipinski definition) is 0. The Morgan fingerprint density at radius 1 is 1.75 bits per heavy atom. The predicted octanol–water partition coefficient (Wildman–Crippen LogP) is 1.74. The molecule has 1 atom stereocenters. The number of carboxylic acid groups (broad SMARTS) is 1. The highest BCUT2D eigenvalue weighted by atomic mass is 35.5. The summed E-state index contributed by atoms with van der Waals surface area (Å²) in [6.07, 6.45) is 2.84. The summed E-state index contributed by atoms with van der Waals surface area (Å²) >= 11 is 5.03. The average Bonchev–Trinajstić information content (AvgIpc) is 2.66. The van der Waals surface area contributed by atoms with Crippen molar-refractivity contribution in [3.8, 4) is 0 Å². The summed E-state index contributed by atoms with van der Waals surface area (Å²) in [7, 11) is 0. The molecule has 3 nitrogen and oxygen atoms in total. The van der Waals surface area contributed by atoms with Crippen molar-refractivity contribution in [2.24, 2.45) is 5.92 Å². The van der Waals surface area contributed by atoms with Gasteiger partial charge in [0, 0.05) is 0 Å². The van der Waals surface area contributed by atoms with Crippen LogP contribution in [-0.2, 0) is 4.74 Å². The highest BCUT2D eigenvalue weighted by Crippen LogP contribution is 2.31. The van der Waals surface area contributed by atoms with Gasteiger partial charge in [-0.3, -0.25) is 0 Å². The van der Waals surface area contributed by atoms with Crippen LogP contribution in [0.25, 0.3) is 0 Å². The predicted molar refractivity (Wildman–Crippen MR) is 44.8 cm³/mol. The van der Waals surface area contributed by atoms with Crippen LogP contribution >= 0.6 is 11.6 Å². The first kappa shape index (κ1) is 11.6. The average molecular weight is 194 g/mol. The SMILES string of the molecule is CC(Cl)OC(=O)[O-].CCC1CC1. The van der Waals surface area contributed by atoms with Crippen LogP contribution in [0.3, 0.4) is 0 Å². The second-order valence-corrected chi connectivity index (χ2v) is 3.38. The van der Waals surface area contributed by atoms with Crippen molar-refractivity contribution in [2.75, 3.05) is 0 Å². The van der Waals surface area contributed by atoms with E-state index in [0.29, 0.717) is 0 Å². The van der Waals surface area contributed by atoms with Gasteiger partial charge in [0.1, 0.15) is 5.56 Å².